The predicted octanol–water partition coefficient (Wildman–Crippen LogP) is 3.23. The van der Waals surface area contributed by atoms with Crippen LogP contribution in [0.15, 0.2) is 42.5 Å². The number of hydrogen-bond donors (Lipinski definition) is 2. The van der Waals surface area contributed by atoms with Crippen LogP contribution in [-0.4, -0.2) is 12.5 Å². The molecule has 0 radical (unpaired) electrons. The average Bonchev–Trinajstić information content (AvgIpc) is 2.49. The molecule has 2 N–H and O–H groups in total. The van der Waals surface area contributed by atoms with Crippen molar-refractivity contribution in [3.05, 3.63) is 59.2 Å². The predicted molar refractivity (Wildman–Crippen MR) is 84.2 cm³/mol. The van der Waals surface area contributed by atoms with Crippen LogP contribution < -0.4 is 10.6 Å². The average molecular weight is 279 g/mol. The summed E-state index contributed by atoms with van der Waals surface area (Å²) < 4.78 is 0. The van der Waals surface area contributed by atoms with Gasteiger partial charge in [0.05, 0.1) is 18.2 Å². The fourth-order valence-electron chi connectivity index (χ4n) is 1.91. The van der Waals surface area contributed by atoms with Crippen LogP contribution in [0.3, 0.4) is 0 Å². The highest BCUT2D eigenvalue weighted by Crippen LogP contribution is 2.14. The van der Waals surface area contributed by atoms with Gasteiger partial charge in [-0.15, -0.1) is 0 Å². The Morgan fingerprint density at radius 1 is 1.10 bits per heavy atom. The number of amides is 1. The Morgan fingerprint density at radius 2 is 1.90 bits per heavy atom. The van der Waals surface area contributed by atoms with Gasteiger partial charge in [-0.1, -0.05) is 12.1 Å². The summed E-state index contributed by atoms with van der Waals surface area (Å²) >= 11 is 0. The first-order valence-corrected chi connectivity index (χ1v) is 6.69. The molecule has 0 aliphatic rings. The van der Waals surface area contributed by atoms with Crippen molar-refractivity contribution in [2.75, 3.05) is 17.2 Å². The van der Waals surface area contributed by atoms with Crippen LogP contribution in [0.4, 0.5) is 11.4 Å². The molecule has 0 fully saturated rings. The van der Waals surface area contributed by atoms with E-state index in [2.05, 4.69) is 16.7 Å². The van der Waals surface area contributed by atoms with E-state index in [0.717, 1.165) is 16.9 Å². The summed E-state index contributed by atoms with van der Waals surface area (Å²) in [5, 5.41) is 14.7. The first-order chi connectivity index (χ1) is 10.1. The highest BCUT2D eigenvalue weighted by atomic mass is 16.1. The largest absolute Gasteiger partial charge is 0.376 e. The molecule has 0 saturated heterocycles. The van der Waals surface area contributed by atoms with Crippen molar-refractivity contribution < 1.29 is 4.79 Å². The summed E-state index contributed by atoms with van der Waals surface area (Å²) in [6.07, 6.45) is 0. The highest BCUT2D eigenvalue weighted by Gasteiger charge is 2.03. The van der Waals surface area contributed by atoms with Crippen molar-refractivity contribution in [2.24, 2.45) is 0 Å². The maximum atomic E-state index is 11.9. The second-order valence-electron chi connectivity index (χ2n) is 4.89. The van der Waals surface area contributed by atoms with Gasteiger partial charge in [0.15, 0.2) is 0 Å². The van der Waals surface area contributed by atoms with Gasteiger partial charge in [0, 0.05) is 11.4 Å². The van der Waals surface area contributed by atoms with Gasteiger partial charge in [0.2, 0.25) is 5.91 Å². The molecule has 4 nitrogen and oxygen atoms in total. The SMILES string of the molecule is Cc1ccc(NC(=O)CNc2cccc(C#N)c2)cc1C. The zero-order valence-electron chi connectivity index (χ0n) is 12.1. The van der Waals surface area contributed by atoms with E-state index in [1.807, 2.05) is 38.1 Å². The lowest BCUT2D eigenvalue weighted by molar-refractivity contribution is -0.114. The Hall–Kier alpha value is -2.80. The molecule has 2 aromatic rings. The number of anilines is 2. The van der Waals surface area contributed by atoms with Crippen LogP contribution in [0.5, 0.6) is 0 Å². The van der Waals surface area contributed by atoms with E-state index in [1.165, 1.54) is 5.56 Å². The van der Waals surface area contributed by atoms with Crippen molar-refractivity contribution in [1.82, 2.24) is 0 Å². The minimum Gasteiger partial charge on any atom is -0.376 e. The zero-order valence-corrected chi connectivity index (χ0v) is 12.1. The molecule has 4 heteroatoms. The molecule has 21 heavy (non-hydrogen) atoms. The van der Waals surface area contributed by atoms with Crippen LogP contribution in [0.25, 0.3) is 0 Å². The van der Waals surface area contributed by atoms with Gasteiger partial charge < -0.3 is 10.6 Å². The molecule has 0 aliphatic carbocycles. The van der Waals surface area contributed by atoms with Gasteiger partial charge in [-0.05, 0) is 55.3 Å². The topological polar surface area (TPSA) is 64.9 Å². The van der Waals surface area contributed by atoms with Crippen molar-refractivity contribution in [3.8, 4) is 6.07 Å². The third kappa shape index (κ3) is 4.08. The minimum absolute atomic E-state index is 0.124. The van der Waals surface area contributed by atoms with Crippen molar-refractivity contribution in [3.63, 3.8) is 0 Å². The number of nitrogens with zero attached hydrogens (tertiary/aromatic N) is 1. The Bertz CT molecular complexity index is 701. The van der Waals surface area contributed by atoms with Crippen LogP contribution in [0.1, 0.15) is 16.7 Å². The number of rotatable bonds is 4. The van der Waals surface area contributed by atoms with Gasteiger partial charge in [0.25, 0.3) is 0 Å². The van der Waals surface area contributed by atoms with E-state index < -0.39 is 0 Å². The van der Waals surface area contributed by atoms with Gasteiger partial charge in [0.1, 0.15) is 0 Å². The smallest absolute Gasteiger partial charge is 0.243 e. The molecule has 2 rings (SSSR count). The third-order valence-corrected chi connectivity index (χ3v) is 3.24. The number of nitrogens with one attached hydrogen (secondary N) is 2. The van der Waals surface area contributed by atoms with E-state index in [0.29, 0.717) is 5.56 Å². The van der Waals surface area contributed by atoms with Crippen molar-refractivity contribution >= 4 is 17.3 Å². The molecule has 0 spiro atoms. The normalized spacial score (nSPS) is 9.76. The number of carbonyl (C=O) groups excluding carboxylic acids is 1. The molecule has 0 aliphatic heterocycles. The van der Waals surface area contributed by atoms with E-state index in [-0.39, 0.29) is 12.5 Å². The van der Waals surface area contributed by atoms with E-state index in [4.69, 9.17) is 5.26 Å². The molecule has 2 aromatic carbocycles. The van der Waals surface area contributed by atoms with Gasteiger partial charge >= 0.3 is 0 Å². The molecule has 0 unspecified atom stereocenters. The molecule has 106 valence electrons. The summed E-state index contributed by atoms with van der Waals surface area (Å²) in [6, 6.07) is 14.9. The van der Waals surface area contributed by atoms with Crippen molar-refractivity contribution in [2.45, 2.75) is 13.8 Å². The molecular formula is C17H17N3O. The molecular weight excluding hydrogens is 262 g/mol. The number of nitriles is 1. The number of aryl methyl sites for hydroxylation is 2. The summed E-state index contributed by atoms with van der Waals surface area (Å²) in [4.78, 5) is 11.9. The molecule has 0 aromatic heterocycles. The first-order valence-electron chi connectivity index (χ1n) is 6.69. The third-order valence-electron chi connectivity index (χ3n) is 3.24. The highest BCUT2D eigenvalue weighted by molar-refractivity contribution is 5.93. The number of hydrogen-bond acceptors (Lipinski definition) is 3. The summed E-state index contributed by atoms with van der Waals surface area (Å²) in [5.41, 5.74) is 4.44. The number of benzene rings is 2. The fraction of sp³-hybridized carbons (Fsp3) is 0.176. The maximum absolute atomic E-state index is 11.9. The van der Waals surface area contributed by atoms with Gasteiger partial charge in [-0.25, -0.2) is 0 Å². The molecule has 1 amide bonds. The van der Waals surface area contributed by atoms with Crippen molar-refractivity contribution in [1.29, 1.82) is 5.26 Å². The lowest BCUT2D eigenvalue weighted by atomic mass is 10.1. The summed E-state index contributed by atoms with van der Waals surface area (Å²) in [5.74, 6) is -0.124. The van der Waals surface area contributed by atoms with E-state index in [1.54, 1.807) is 18.2 Å². The Labute approximate surface area is 124 Å². The zero-order chi connectivity index (χ0) is 15.2. The Balaban J connectivity index is 1.92. The Morgan fingerprint density at radius 3 is 2.62 bits per heavy atom. The van der Waals surface area contributed by atoms with Crippen LogP contribution in [-0.2, 0) is 4.79 Å². The summed E-state index contributed by atoms with van der Waals surface area (Å²) in [6.45, 7) is 4.20. The lowest BCUT2D eigenvalue weighted by Gasteiger charge is -2.09. The quantitative estimate of drug-likeness (QED) is 0.903. The Kier molecular flexibility index (Phi) is 4.57. The molecule has 0 bridgehead atoms. The molecule has 0 atom stereocenters. The monoisotopic (exact) mass is 279 g/mol. The maximum Gasteiger partial charge on any atom is 0.243 e. The lowest BCUT2D eigenvalue weighted by Crippen LogP contribution is -2.21. The molecule has 0 saturated carbocycles. The first kappa shape index (κ1) is 14.6. The molecule has 0 heterocycles. The van der Waals surface area contributed by atoms with Crippen LogP contribution in [0, 0.1) is 25.2 Å². The van der Waals surface area contributed by atoms with Crippen LogP contribution >= 0.6 is 0 Å². The minimum atomic E-state index is -0.124. The second kappa shape index (κ2) is 6.58. The van der Waals surface area contributed by atoms with E-state index >= 15 is 0 Å². The van der Waals surface area contributed by atoms with Crippen LogP contribution in [0.2, 0.25) is 0 Å². The number of carbonyl (C=O) groups is 1. The standard InChI is InChI=1S/C17H17N3O/c1-12-6-7-16(8-13(12)2)20-17(21)11-19-15-5-3-4-14(9-15)10-18/h3-9,19H,11H2,1-2H3,(H,20,21). The second-order valence-corrected chi connectivity index (χ2v) is 4.89. The van der Waals surface area contributed by atoms with E-state index in [9.17, 15) is 4.79 Å². The fourth-order valence-corrected chi connectivity index (χ4v) is 1.91. The van der Waals surface area contributed by atoms with Gasteiger partial charge in [-0.2, -0.15) is 5.26 Å². The summed E-state index contributed by atoms with van der Waals surface area (Å²) in [7, 11) is 0. The van der Waals surface area contributed by atoms with Gasteiger partial charge in [-0.3, -0.25) is 4.79 Å².